The maximum absolute atomic E-state index is 5.18. The molecule has 0 N–H and O–H groups in total. The molecule has 0 atom stereocenters. The molecule has 124 valence electrons. The maximum Gasteiger partial charge on any atom is 0.218 e. The highest BCUT2D eigenvalue weighted by molar-refractivity contribution is 5.69. The third-order valence-electron chi connectivity index (χ3n) is 4.23. The molecule has 1 aliphatic rings. The second-order valence-corrected chi connectivity index (χ2v) is 5.76. The minimum Gasteiger partial charge on any atom is -0.481 e. The molecule has 0 amide bonds. The lowest BCUT2D eigenvalue weighted by Gasteiger charge is -2.36. The SMILES string of the molecule is COc1cc(N2CCN(c3nccn4nc(C)cc34)CC2)ncn1. The molecule has 4 heterocycles. The molecule has 0 aromatic carbocycles. The highest BCUT2D eigenvalue weighted by atomic mass is 16.5. The van der Waals surface area contributed by atoms with Gasteiger partial charge in [-0.15, -0.1) is 0 Å². The molecule has 0 unspecified atom stereocenters. The van der Waals surface area contributed by atoms with Gasteiger partial charge in [-0.3, -0.25) is 0 Å². The van der Waals surface area contributed by atoms with Crippen LogP contribution in [-0.4, -0.2) is 57.9 Å². The van der Waals surface area contributed by atoms with Crippen molar-refractivity contribution in [1.82, 2.24) is 24.6 Å². The first kappa shape index (κ1) is 14.7. The largest absolute Gasteiger partial charge is 0.481 e. The first-order valence-corrected chi connectivity index (χ1v) is 7.91. The Kier molecular flexibility index (Phi) is 3.64. The van der Waals surface area contributed by atoms with Crippen LogP contribution < -0.4 is 14.5 Å². The quantitative estimate of drug-likeness (QED) is 0.715. The zero-order chi connectivity index (χ0) is 16.5. The first-order chi connectivity index (χ1) is 11.7. The van der Waals surface area contributed by atoms with Crippen molar-refractivity contribution in [2.24, 2.45) is 0 Å². The summed E-state index contributed by atoms with van der Waals surface area (Å²) in [5, 5.41) is 4.46. The minimum absolute atomic E-state index is 0.587. The van der Waals surface area contributed by atoms with Gasteiger partial charge in [-0.25, -0.2) is 19.5 Å². The molecule has 0 aliphatic carbocycles. The van der Waals surface area contributed by atoms with E-state index in [4.69, 9.17) is 4.74 Å². The lowest BCUT2D eigenvalue weighted by molar-refractivity contribution is 0.396. The van der Waals surface area contributed by atoms with Crippen LogP contribution in [0.5, 0.6) is 5.88 Å². The van der Waals surface area contributed by atoms with Crippen LogP contribution in [0.3, 0.4) is 0 Å². The predicted octanol–water partition coefficient (Wildman–Crippen LogP) is 1.16. The number of hydrogen-bond donors (Lipinski definition) is 0. The number of nitrogens with zero attached hydrogens (tertiary/aromatic N) is 7. The molecular weight excluding hydrogens is 306 g/mol. The number of aromatic nitrogens is 5. The van der Waals surface area contributed by atoms with Gasteiger partial charge in [0.1, 0.15) is 17.7 Å². The highest BCUT2D eigenvalue weighted by Crippen LogP contribution is 2.23. The number of methoxy groups -OCH3 is 1. The van der Waals surface area contributed by atoms with E-state index in [0.717, 1.165) is 49.0 Å². The standard InChI is InChI=1S/C16H19N7O/c1-12-9-13-16(17-3-4-23(13)20-12)22-7-5-21(6-8-22)14-10-15(24-2)19-11-18-14/h3-4,9-11H,5-8H2,1-2H3. The van der Waals surface area contributed by atoms with Crippen LogP contribution in [0.1, 0.15) is 5.69 Å². The van der Waals surface area contributed by atoms with Crippen molar-refractivity contribution in [3.05, 3.63) is 36.5 Å². The van der Waals surface area contributed by atoms with Gasteiger partial charge in [0.15, 0.2) is 5.82 Å². The van der Waals surface area contributed by atoms with Crippen molar-refractivity contribution in [2.75, 3.05) is 43.1 Å². The van der Waals surface area contributed by atoms with E-state index >= 15 is 0 Å². The van der Waals surface area contributed by atoms with E-state index in [9.17, 15) is 0 Å². The molecule has 3 aromatic rings. The van der Waals surface area contributed by atoms with Gasteiger partial charge in [-0.2, -0.15) is 5.10 Å². The second kappa shape index (κ2) is 5.95. The summed E-state index contributed by atoms with van der Waals surface area (Å²) in [4.78, 5) is 17.5. The monoisotopic (exact) mass is 325 g/mol. The molecular formula is C16H19N7O. The second-order valence-electron chi connectivity index (χ2n) is 5.76. The van der Waals surface area contributed by atoms with Crippen LogP contribution in [0.25, 0.3) is 5.52 Å². The van der Waals surface area contributed by atoms with E-state index in [1.54, 1.807) is 13.3 Å². The van der Waals surface area contributed by atoms with Gasteiger partial charge >= 0.3 is 0 Å². The average Bonchev–Trinajstić information content (AvgIpc) is 3.02. The van der Waals surface area contributed by atoms with Crippen LogP contribution in [-0.2, 0) is 0 Å². The number of anilines is 2. The molecule has 1 saturated heterocycles. The van der Waals surface area contributed by atoms with Crippen LogP contribution in [0.4, 0.5) is 11.6 Å². The highest BCUT2D eigenvalue weighted by Gasteiger charge is 2.21. The van der Waals surface area contributed by atoms with E-state index < -0.39 is 0 Å². The lowest BCUT2D eigenvalue weighted by atomic mass is 10.3. The molecule has 24 heavy (non-hydrogen) atoms. The van der Waals surface area contributed by atoms with Crippen LogP contribution in [0.2, 0.25) is 0 Å². The predicted molar refractivity (Wildman–Crippen MR) is 90.7 cm³/mol. The Balaban J connectivity index is 1.53. The third kappa shape index (κ3) is 2.60. The summed E-state index contributed by atoms with van der Waals surface area (Å²) in [7, 11) is 1.62. The summed E-state index contributed by atoms with van der Waals surface area (Å²) in [5.74, 6) is 2.47. The van der Waals surface area contributed by atoms with E-state index in [1.807, 2.05) is 23.7 Å². The number of fused-ring (bicyclic) bond motifs is 1. The summed E-state index contributed by atoms with van der Waals surface area (Å²) in [6.45, 7) is 5.50. The zero-order valence-corrected chi connectivity index (χ0v) is 13.8. The van der Waals surface area contributed by atoms with Crippen molar-refractivity contribution in [3.63, 3.8) is 0 Å². The maximum atomic E-state index is 5.18. The normalized spacial score (nSPS) is 15.1. The molecule has 0 radical (unpaired) electrons. The van der Waals surface area contributed by atoms with Gasteiger partial charge in [-0.05, 0) is 13.0 Å². The van der Waals surface area contributed by atoms with Crippen molar-refractivity contribution in [1.29, 1.82) is 0 Å². The average molecular weight is 325 g/mol. The molecule has 3 aromatic heterocycles. The topological polar surface area (TPSA) is 71.7 Å². The van der Waals surface area contributed by atoms with Crippen molar-refractivity contribution in [2.45, 2.75) is 6.92 Å². The van der Waals surface area contributed by atoms with Gasteiger partial charge in [0.2, 0.25) is 5.88 Å². The van der Waals surface area contributed by atoms with Gasteiger partial charge in [-0.1, -0.05) is 0 Å². The molecule has 8 nitrogen and oxygen atoms in total. The van der Waals surface area contributed by atoms with E-state index in [2.05, 4.69) is 35.9 Å². The van der Waals surface area contributed by atoms with Crippen LogP contribution >= 0.6 is 0 Å². The van der Waals surface area contributed by atoms with E-state index in [0.29, 0.717) is 5.88 Å². The Morgan fingerprint density at radius 1 is 1.00 bits per heavy atom. The Morgan fingerprint density at radius 3 is 2.58 bits per heavy atom. The Bertz CT molecular complexity index is 855. The molecule has 8 heteroatoms. The third-order valence-corrected chi connectivity index (χ3v) is 4.23. The number of ether oxygens (including phenoxy) is 1. The molecule has 1 fully saturated rings. The summed E-state index contributed by atoms with van der Waals surface area (Å²) in [6, 6.07) is 3.94. The number of aryl methyl sites for hydroxylation is 1. The molecule has 0 saturated carbocycles. The molecule has 1 aliphatic heterocycles. The van der Waals surface area contributed by atoms with Gasteiger partial charge < -0.3 is 14.5 Å². The number of hydrogen-bond acceptors (Lipinski definition) is 7. The molecule has 4 rings (SSSR count). The van der Waals surface area contributed by atoms with Crippen LogP contribution in [0, 0.1) is 6.92 Å². The van der Waals surface area contributed by atoms with E-state index in [1.165, 1.54) is 6.33 Å². The van der Waals surface area contributed by atoms with Gasteiger partial charge in [0.05, 0.1) is 12.8 Å². The Hall–Kier alpha value is -2.90. The minimum atomic E-state index is 0.587. The van der Waals surface area contributed by atoms with Crippen LogP contribution in [0.15, 0.2) is 30.9 Å². The summed E-state index contributed by atoms with van der Waals surface area (Å²) in [6.07, 6.45) is 5.23. The van der Waals surface area contributed by atoms with Gasteiger partial charge in [0.25, 0.3) is 0 Å². The van der Waals surface area contributed by atoms with Crippen molar-refractivity contribution in [3.8, 4) is 5.88 Å². The molecule has 0 spiro atoms. The van der Waals surface area contributed by atoms with Crippen molar-refractivity contribution < 1.29 is 4.74 Å². The molecule has 0 bridgehead atoms. The van der Waals surface area contributed by atoms with Gasteiger partial charge in [0, 0.05) is 44.6 Å². The van der Waals surface area contributed by atoms with Crippen molar-refractivity contribution >= 4 is 17.2 Å². The summed E-state index contributed by atoms with van der Waals surface area (Å²) in [5.41, 5.74) is 2.04. The lowest BCUT2D eigenvalue weighted by Crippen LogP contribution is -2.47. The van der Waals surface area contributed by atoms with E-state index in [-0.39, 0.29) is 0 Å². The summed E-state index contributed by atoms with van der Waals surface area (Å²) >= 11 is 0. The fraction of sp³-hybridized carbons (Fsp3) is 0.375. The Morgan fingerprint density at radius 2 is 1.79 bits per heavy atom. The first-order valence-electron chi connectivity index (χ1n) is 7.91. The number of piperazine rings is 1. The zero-order valence-electron chi connectivity index (χ0n) is 13.8. The Labute approximate surface area is 139 Å². The fourth-order valence-electron chi connectivity index (χ4n) is 3.04. The number of rotatable bonds is 3. The fourth-order valence-corrected chi connectivity index (χ4v) is 3.04. The summed E-state index contributed by atoms with van der Waals surface area (Å²) < 4.78 is 7.07. The smallest absolute Gasteiger partial charge is 0.218 e.